The minimum atomic E-state index is 0.479. The number of para-hydroxylation sites is 1. The van der Waals surface area contributed by atoms with E-state index < -0.39 is 0 Å². The molecule has 2 N–H and O–H groups in total. The molecule has 3 rings (SSSR count). The Bertz CT molecular complexity index is 723. The van der Waals surface area contributed by atoms with Crippen molar-refractivity contribution in [1.29, 1.82) is 0 Å². The third-order valence-corrected chi connectivity index (χ3v) is 2.92. The molecule has 0 unspecified atom stereocenters. The van der Waals surface area contributed by atoms with Crippen LogP contribution in [0.25, 0.3) is 17.1 Å². The molecule has 0 atom stereocenters. The van der Waals surface area contributed by atoms with E-state index in [4.69, 9.17) is 10.5 Å². The maximum Gasteiger partial charge on any atom is 0.205 e. The van der Waals surface area contributed by atoms with E-state index in [0.717, 1.165) is 5.56 Å². The Labute approximate surface area is 115 Å². The topological polar surface area (TPSA) is 78.8 Å². The summed E-state index contributed by atoms with van der Waals surface area (Å²) in [4.78, 5) is 1.40. The summed E-state index contributed by atoms with van der Waals surface area (Å²) in [6, 6.07) is 15.1. The number of tetrazole rings is 1. The van der Waals surface area contributed by atoms with Crippen molar-refractivity contribution in [3.8, 4) is 22.8 Å². The first-order valence-electron chi connectivity index (χ1n) is 6.08. The van der Waals surface area contributed by atoms with Crippen molar-refractivity contribution in [1.82, 2.24) is 20.2 Å². The van der Waals surface area contributed by atoms with Gasteiger partial charge in [-0.25, -0.2) is 0 Å². The Morgan fingerprint density at radius 3 is 2.60 bits per heavy atom. The molecule has 6 nitrogen and oxygen atoms in total. The first-order valence-corrected chi connectivity index (χ1v) is 6.08. The molecule has 2 aromatic carbocycles. The van der Waals surface area contributed by atoms with Gasteiger partial charge in [0.15, 0.2) is 0 Å². The number of anilines is 1. The lowest BCUT2D eigenvalue weighted by molar-refractivity contribution is 0.416. The monoisotopic (exact) mass is 267 g/mol. The van der Waals surface area contributed by atoms with Gasteiger partial charge in [0.25, 0.3) is 0 Å². The molecule has 20 heavy (non-hydrogen) atoms. The maximum atomic E-state index is 6.02. The molecule has 0 bridgehead atoms. The quantitative estimate of drug-likeness (QED) is 0.733. The number of rotatable bonds is 3. The molecule has 0 saturated heterocycles. The van der Waals surface area contributed by atoms with Gasteiger partial charge in [0.1, 0.15) is 17.1 Å². The van der Waals surface area contributed by atoms with Crippen LogP contribution in [0.15, 0.2) is 48.5 Å². The molecule has 3 aromatic rings. The summed E-state index contributed by atoms with van der Waals surface area (Å²) < 4.78 is 5.18. The van der Waals surface area contributed by atoms with E-state index in [1.54, 1.807) is 13.2 Å². The third-order valence-electron chi connectivity index (χ3n) is 2.92. The highest BCUT2D eigenvalue weighted by molar-refractivity contribution is 5.66. The van der Waals surface area contributed by atoms with E-state index in [0.29, 0.717) is 22.9 Å². The van der Waals surface area contributed by atoms with Gasteiger partial charge < -0.3 is 10.5 Å². The van der Waals surface area contributed by atoms with E-state index in [-0.39, 0.29) is 0 Å². The normalized spacial score (nSPS) is 10.4. The lowest BCUT2D eigenvalue weighted by Crippen LogP contribution is -2.04. The highest BCUT2D eigenvalue weighted by Gasteiger charge is 2.11. The van der Waals surface area contributed by atoms with E-state index >= 15 is 0 Å². The number of nitrogen functional groups attached to an aromatic ring is 1. The molecule has 100 valence electrons. The van der Waals surface area contributed by atoms with Gasteiger partial charge in [-0.3, -0.25) is 0 Å². The second kappa shape index (κ2) is 5.00. The molecule has 0 fully saturated rings. The lowest BCUT2D eigenvalue weighted by Gasteiger charge is -2.07. The molecular formula is C14H13N5O. The fraction of sp³-hybridized carbons (Fsp3) is 0.0714. The molecule has 6 heteroatoms. The molecule has 0 aliphatic heterocycles. The van der Waals surface area contributed by atoms with Gasteiger partial charge in [-0.15, -0.1) is 15.0 Å². The predicted molar refractivity (Wildman–Crippen MR) is 75.6 cm³/mol. The molecule has 1 aromatic heterocycles. The van der Waals surface area contributed by atoms with Crippen LogP contribution in [0, 0.1) is 0 Å². The van der Waals surface area contributed by atoms with Crippen molar-refractivity contribution in [2.75, 3.05) is 12.8 Å². The van der Waals surface area contributed by atoms with E-state index in [1.807, 2.05) is 42.5 Å². The molecule has 0 radical (unpaired) electrons. The molecular weight excluding hydrogens is 254 g/mol. The zero-order valence-electron chi connectivity index (χ0n) is 10.9. The Kier molecular flexibility index (Phi) is 3.04. The van der Waals surface area contributed by atoms with E-state index in [9.17, 15) is 0 Å². The smallest absolute Gasteiger partial charge is 0.205 e. The van der Waals surface area contributed by atoms with Gasteiger partial charge in [0, 0.05) is 5.56 Å². The van der Waals surface area contributed by atoms with Crippen LogP contribution < -0.4 is 10.5 Å². The maximum absolute atomic E-state index is 6.02. The average molecular weight is 267 g/mol. The van der Waals surface area contributed by atoms with Gasteiger partial charge in [-0.2, -0.15) is 0 Å². The van der Waals surface area contributed by atoms with Crippen LogP contribution in [-0.4, -0.2) is 27.3 Å². The lowest BCUT2D eigenvalue weighted by atomic mass is 10.2. The summed E-state index contributed by atoms with van der Waals surface area (Å²) in [6.07, 6.45) is 0. The Balaban J connectivity index is 2.03. The summed E-state index contributed by atoms with van der Waals surface area (Å²) in [7, 11) is 1.57. The van der Waals surface area contributed by atoms with Gasteiger partial charge in [-0.05, 0) is 17.3 Å². The molecule has 0 aliphatic carbocycles. The van der Waals surface area contributed by atoms with Crippen molar-refractivity contribution < 1.29 is 4.74 Å². The van der Waals surface area contributed by atoms with Crippen LogP contribution in [0.1, 0.15) is 0 Å². The SMILES string of the molecule is COc1cccc(-n2nnc(-c3ccccc3)n2)c1N. The van der Waals surface area contributed by atoms with Crippen LogP contribution >= 0.6 is 0 Å². The van der Waals surface area contributed by atoms with Crippen LogP contribution in [0.5, 0.6) is 5.75 Å². The summed E-state index contributed by atoms with van der Waals surface area (Å²) in [6.45, 7) is 0. The molecule has 0 saturated carbocycles. The third kappa shape index (κ3) is 2.07. The highest BCUT2D eigenvalue weighted by atomic mass is 16.5. The standard InChI is InChI=1S/C14H13N5O/c1-20-12-9-5-8-11(13(12)15)19-17-14(16-18-19)10-6-3-2-4-7-10/h2-9H,15H2,1H3. The molecule has 0 amide bonds. The van der Waals surface area contributed by atoms with Crippen LogP contribution in [0.4, 0.5) is 5.69 Å². The first kappa shape index (κ1) is 12.2. The zero-order chi connectivity index (χ0) is 13.9. The minimum Gasteiger partial charge on any atom is -0.495 e. The van der Waals surface area contributed by atoms with Crippen molar-refractivity contribution in [3.05, 3.63) is 48.5 Å². The summed E-state index contributed by atoms with van der Waals surface area (Å²) in [5.74, 6) is 1.13. The molecule has 1 heterocycles. The Hall–Kier alpha value is -2.89. The van der Waals surface area contributed by atoms with Crippen molar-refractivity contribution >= 4 is 5.69 Å². The summed E-state index contributed by atoms with van der Waals surface area (Å²) >= 11 is 0. The fourth-order valence-electron chi connectivity index (χ4n) is 1.90. The zero-order valence-corrected chi connectivity index (χ0v) is 10.9. The number of hydrogen-bond donors (Lipinski definition) is 1. The van der Waals surface area contributed by atoms with Crippen molar-refractivity contribution in [2.45, 2.75) is 0 Å². The largest absolute Gasteiger partial charge is 0.495 e. The minimum absolute atomic E-state index is 0.479. The first-order chi connectivity index (χ1) is 9.79. The molecule has 0 spiro atoms. The van der Waals surface area contributed by atoms with E-state index in [1.165, 1.54) is 4.80 Å². The van der Waals surface area contributed by atoms with Crippen LogP contribution in [0.3, 0.4) is 0 Å². The number of benzene rings is 2. The number of nitrogens with two attached hydrogens (primary N) is 1. The van der Waals surface area contributed by atoms with E-state index in [2.05, 4.69) is 15.4 Å². The fourth-order valence-corrected chi connectivity index (χ4v) is 1.90. The number of ether oxygens (including phenoxy) is 1. The average Bonchev–Trinajstić information content (AvgIpc) is 2.98. The number of methoxy groups -OCH3 is 1. The van der Waals surface area contributed by atoms with Gasteiger partial charge in [0.05, 0.1) is 7.11 Å². The van der Waals surface area contributed by atoms with Crippen molar-refractivity contribution in [3.63, 3.8) is 0 Å². The Morgan fingerprint density at radius 2 is 1.85 bits per heavy atom. The van der Waals surface area contributed by atoms with Crippen LogP contribution in [-0.2, 0) is 0 Å². The highest BCUT2D eigenvalue weighted by Crippen LogP contribution is 2.27. The van der Waals surface area contributed by atoms with Gasteiger partial charge in [-0.1, -0.05) is 36.4 Å². The van der Waals surface area contributed by atoms with Gasteiger partial charge >= 0.3 is 0 Å². The molecule has 0 aliphatic rings. The number of nitrogens with zero attached hydrogens (tertiary/aromatic N) is 4. The Morgan fingerprint density at radius 1 is 1.05 bits per heavy atom. The number of hydrogen-bond acceptors (Lipinski definition) is 5. The second-order valence-electron chi connectivity index (χ2n) is 4.16. The number of aromatic nitrogens is 4. The van der Waals surface area contributed by atoms with Crippen molar-refractivity contribution in [2.24, 2.45) is 0 Å². The summed E-state index contributed by atoms with van der Waals surface area (Å²) in [5.41, 5.74) is 8.04. The predicted octanol–water partition coefficient (Wildman–Crippen LogP) is 1.92. The second-order valence-corrected chi connectivity index (χ2v) is 4.16. The van der Waals surface area contributed by atoms with Crippen LogP contribution in [0.2, 0.25) is 0 Å². The summed E-state index contributed by atoms with van der Waals surface area (Å²) in [5, 5.41) is 12.4. The van der Waals surface area contributed by atoms with Gasteiger partial charge in [0.2, 0.25) is 5.82 Å².